The highest BCUT2D eigenvalue weighted by atomic mass is 19.1. The molecule has 2 fully saturated rings. The number of hydrogen-bond acceptors (Lipinski definition) is 4. The normalized spacial score (nSPS) is 15.4. The lowest BCUT2D eigenvalue weighted by molar-refractivity contribution is 0.234. The van der Waals surface area contributed by atoms with Crippen molar-refractivity contribution in [2.24, 2.45) is 5.92 Å². The summed E-state index contributed by atoms with van der Waals surface area (Å²) < 4.78 is 17.0. The van der Waals surface area contributed by atoms with Gasteiger partial charge in [-0.3, -0.25) is 4.90 Å². The molecular formula is C41H42FN5. The second-order valence-corrected chi connectivity index (χ2v) is 13.3. The first kappa shape index (κ1) is 30.9. The Morgan fingerprint density at radius 1 is 0.894 bits per heavy atom. The Labute approximate surface area is 277 Å². The third-order valence-corrected chi connectivity index (χ3v) is 10.0. The first-order chi connectivity index (χ1) is 23.0. The van der Waals surface area contributed by atoms with Crippen molar-refractivity contribution in [1.29, 1.82) is 5.26 Å². The summed E-state index contributed by atoms with van der Waals surface area (Å²) in [6.07, 6.45) is 6.07. The number of benzene rings is 3. The van der Waals surface area contributed by atoms with Gasteiger partial charge in [-0.25, -0.2) is 9.37 Å². The molecule has 1 saturated heterocycles. The molecule has 0 bridgehead atoms. The zero-order chi connectivity index (χ0) is 32.2. The topological polar surface area (TPSA) is 48.1 Å². The van der Waals surface area contributed by atoms with E-state index < -0.39 is 0 Å². The van der Waals surface area contributed by atoms with E-state index in [0.29, 0.717) is 24.0 Å². The van der Waals surface area contributed by atoms with Crippen molar-refractivity contribution in [3.63, 3.8) is 0 Å². The lowest BCUT2D eigenvalue weighted by Gasteiger charge is -2.36. The molecule has 3 aromatic carbocycles. The first-order valence-electron chi connectivity index (χ1n) is 17.0. The summed E-state index contributed by atoms with van der Waals surface area (Å²) >= 11 is 0. The number of aryl methyl sites for hydroxylation is 2. The number of piperazine rings is 1. The number of nitrogens with zero attached hydrogens (tertiary/aromatic N) is 5. The fourth-order valence-electron chi connectivity index (χ4n) is 6.98. The van der Waals surface area contributed by atoms with Crippen LogP contribution in [0, 0.1) is 23.1 Å². The molecule has 0 spiro atoms. The molecule has 1 saturated carbocycles. The van der Waals surface area contributed by atoms with E-state index in [1.54, 1.807) is 12.1 Å². The Kier molecular flexibility index (Phi) is 9.17. The Morgan fingerprint density at radius 2 is 1.72 bits per heavy atom. The molecule has 47 heavy (non-hydrogen) atoms. The highest BCUT2D eigenvalue weighted by molar-refractivity contribution is 5.85. The van der Waals surface area contributed by atoms with E-state index in [2.05, 4.69) is 87.7 Å². The standard InChI is InChI=1S/C41H42FN5/c1-30(23-31-7-3-2-4-8-31)35-15-16-36-25-38(47(40(36)26-35)28-32-9-5-10-32)29-45-19-21-46(22-20-45)41-12-6-11-37(44-41)18-17-34-14-13-33(27-43)24-39(34)42/h2-4,6-8,11-16,24-26,32H,1,5,9-10,17-23,28-29H2. The fraction of sp³-hybridized carbons (Fsp3) is 0.317. The molecule has 0 N–H and O–H groups in total. The summed E-state index contributed by atoms with van der Waals surface area (Å²) in [6.45, 7) is 10.3. The van der Waals surface area contributed by atoms with Gasteiger partial charge in [0.25, 0.3) is 0 Å². The molecule has 2 aromatic heterocycles. The van der Waals surface area contributed by atoms with Crippen LogP contribution in [0.15, 0.2) is 97.6 Å². The third-order valence-electron chi connectivity index (χ3n) is 10.0. The number of aromatic nitrogens is 2. The van der Waals surface area contributed by atoms with Gasteiger partial charge >= 0.3 is 0 Å². The summed E-state index contributed by atoms with van der Waals surface area (Å²) in [5.41, 5.74) is 8.34. The van der Waals surface area contributed by atoms with E-state index in [9.17, 15) is 4.39 Å². The molecule has 0 radical (unpaired) electrons. The van der Waals surface area contributed by atoms with Gasteiger partial charge in [0.1, 0.15) is 11.6 Å². The molecule has 7 rings (SSSR count). The van der Waals surface area contributed by atoms with Crippen molar-refractivity contribution in [3.05, 3.63) is 137 Å². The summed E-state index contributed by atoms with van der Waals surface area (Å²) in [5.74, 6) is 1.44. The zero-order valence-electron chi connectivity index (χ0n) is 27.0. The summed E-state index contributed by atoms with van der Waals surface area (Å²) in [6, 6.07) is 32.8. The SMILES string of the molecule is C=C(Cc1ccccc1)c1ccc2cc(CN3CCN(c4cccc(CCc5ccc(C#N)cc5F)n4)CC3)n(CC3CCC3)c2c1. The molecule has 2 aliphatic rings. The molecule has 6 heteroatoms. The van der Waals surface area contributed by atoms with E-state index >= 15 is 0 Å². The van der Waals surface area contributed by atoms with Crippen LogP contribution in [0.5, 0.6) is 0 Å². The summed E-state index contributed by atoms with van der Waals surface area (Å²) in [7, 11) is 0. The lowest BCUT2D eigenvalue weighted by atomic mass is 9.85. The van der Waals surface area contributed by atoms with Crippen LogP contribution >= 0.6 is 0 Å². The Morgan fingerprint density at radius 3 is 2.47 bits per heavy atom. The Balaban J connectivity index is 1.01. The van der Waals surface area contributed by atoms with Gasteiger partial charge in [0.05, 0.1) is 11.6 Å². The van der Waals surface area contributed by atoms with Crippen molar-refractivity contribution in [2.75, 3.05) is 31.1 Å². The van der Waals surface area contributed by atoms with E-state index in [4.69, 9.17) is 10.2 Å². The average molecular weight is 624 g/mol. The smallest absolute Gasteiger partial charge is 0.128 e. The van der Waals surface area contributed by atoms with Crippen LogP contribution in [0.4, 0.5) is 10.2 Å². The van der Waals surface area contributed by atoms with Crippen molar-refractivity contribution in [2.45, 2.75) is 51.6 Å². The zero-order valence-corrected chi connectivity index (χ0v) is 27.0. The van der Waals surface area contributed by atoms with Crippen molar-refractivity contribution < 1.29 is 4.39 Å². The number of hydrogen-bond donors (Lipinski definition) is 0. The summed E-state index contributed by atoms with van der Waals surface area (Å²) in [4.78, 5) is 9.90. The van der Waals surface area contributed by atoms with Crippen LogP contribution in [0.2, 0.25) is 0 Å². The number of allylic oxidation sites excluding steroid dienone is 1. The minimum Gasteiger partial charge on any atom is -0.354 e. The minimum absolute atomic E-state index is 0.322. The lowest BCUT2D eigenvalue weighted by Crippen LogP contribution is -2.46. The molecule has 5 aromatic rings. The average Bonchev–Trinajstić information content (AvgIpc) is 3.42. The van der Waals surface area contributed by atoms with Crippen LogP contribution in [-0.2, 0) is 32.4 Å². The predicted molar refractivity (Wildman–Crippen MR) is 189 cm³/mol. The second kappa shape index (κ2) is 13.9. The van der Waals surface area contributed by atoms with Gasteiger partial charge in [-0.1, -0.05) is 67.6 Å². The van der Waals surface area contributed by atoms with Gasteiger partial charge < -0.3 is 9.47 Å². The molecule has 238 valence electrons. The van der Waals surface area contributed by atoms with Crippen molar-refractivity contribution >= 4 is 22.3 Å². The second-order valence-electron chi connectivity index (χ2n) is 13.3. The van der Waals surface area contributed by atoms with Crippen molar-refractivity contribution in [1.82, 2.24) is 14.5 Å². The van der Waals surface area contributed by atoms with E-state index in [-0.39, 0.29) is 5.82 Å². The molecule has 1 aliphatic heterocycles. The number of fused-ring (bicyclic) bond motifs is 1. The van der Waals surface area contributed by atoms with Gasteiger partial charge in [0, 0.05) is 56.2 Å². The maximum atomic E-state index is 14.4. The first-order valence-corrected chi connectivity index (χ1v) is 17.0. The molecule has 0 unspecified atom stereocenters. The van der Waals surface area contributed by atoms with Crippen molar-refractivity contribution in [3.8, 4) is 6.07 Å². The Bertz CT molecular complexity index is 1910. The van der Waals surface area contributed by atoms with Crippen LogP contribution in [0.25, 0.3) is 16.5 Å². The third kappa shape index (κ3) is 7.16. The number of nitriles is 1. The molecule has 0 amide bonds. The van der Waals surface area contributed by atoms with Gasteiger partial charge in [-0.05, 0) is 102 Å². The number of pyridine rings is 1. The fourth-order valence-corrected chi connectivity index (χ4v) is 6.98. The Hall–Kier alpha value is -4.73. The van der Waals surface area contributed by atoms with Gasteiger partial charge in [-0.2, -0.15) is 5.26 Å². The highest BCUT2D eigenvalue weighted by Gasteiger charge is 2.24. The molecule has 0 atom stereocenters. The quantitative estimate of drug-likeness (QED) is 0.149. The van der Waals surface area contributed by atoms with Crippen LogP contribution in [-0.4, -0.2) is 40.6 Å². The van der Waals surface area contributed by atoms with Gasteiger partial charge in [0.2, 0.25) is 0 Å². The van der Waals surface area contributed by atoms with Gasteiger partial charge in [-0.15, -0.1) is 0 Å². The maximum absolute atomic E-state index is 14.4. The van der Waals surface area contributed by atoms with Crippen LogP contribution < -0.4 is 4.90 Å². The molecule has 3 heterocycles. The van der Waals surface area contributed by atoms with E-state index in [1.807, 2.05) is 12.1 Å². The van der Waals surface area contributed by atoms with Gasteiger partial charge in [0.15, 0.2) is 0 Å². The van der Waals surface area contributed by atoms with E-state index in [1.165, 1.54) is 53.1 Å². The largest absolute Gasteiger partial charge is 0.354 e. The van der Waals surface area contributed by atoms with E-state index in [0.717, 1.165) is 68.7 Å². The summed E-state index contributed by atoms with van der Waals surface area (Å²) in [5, 5.41) is 10.3. The molecular weight excluding hydrogens is 581 g/mol. The number of anilines is 1. The number of halogens is 1. The highest BCUT2D eigenvalue weighted by Crippen LogP contribution is 2.33. The maximum Gasteiger partial charge on any atom is 0.128 e. The van der Waals surface area contributed by atoms with Crippen LogP contribution in [0.1, 0.15) is 52.9 Å². The monoisotopic (exact) mass is 623 g/mol. The number of rotatable bonds is 11. The van der Waals surface area contributed by atoms with Crippen LogP contribution in [0.3, 0.4) is 0 Å². The molecule has 5 nitrogen and oxygen atoms in total. The molecule has 1 aliphatic carbocycles. The minimum atomic E-state index is -0.322. The predicted octanol–water partition coefficient (Wildman–Crippen LogP) is 8.21.